The third-order valence-electron chi connectivity index (χ3n) is 7.15. The van der Waals surface area contributed by atoms with Crippen molar-refractivity contribution in [1.82, 2.24) is 0 Å². The van der Waals surface area contributed by atoms with Gasteiger partial charge in [-0.15, -0.1) is 0 Å². The van der Waals surface area contributed by atoms with E-state index in [2.05, 4.69) is 110 Å². The third-order valence-corrected chi connectivity index (χ3v) is 7.15. The molecule has 0 saturated heterocycles. The summed E-state index contributed by atoms with van der Waals surface area (Å²) in [6.07, 6.45) is 2.26. The molecule has 2 heteroatoms. The van der Waals surface area contributed by atoms with Crippen LogP contribution in [0.1, 0.15) is 83.6 Å². The van der Waals surface area contributed by atoms with E-state index < -0.39 is 0 Å². The fourth-order valence-electron chi connectivity index (χ4n) is 6.11. The number of fused-ring (bicyclic) bond motifs is 3. The van der Waals surface area contributed by atoms with Crippen LogP contribution in [0.3, 0.4) is 0 Å². The van der Waals surface area contributed by atoms with Crippen molar-refractivity contribution in [2.45, 2.75) is 79.1 Å². The molecule has 3 aromatic carbocycles. The van der Waals surface area contributed by atoms with E-state index in [-0.39, 0.29) is 54.8 Å². The maximum Gasteiger partial charge on any atom is 3.00 e. The molecule has 4 rings (SSSR count). The van der Waals surface area contributed by atoms with Crippen molar-refractivity contribution in [1.29, 1.82) is 0 Å². The Balaban J connectivity index is 0.00000324. The largest absolute Gasteiger partial charge is 3.00 e. The van der Waals surface area contributed by atoms with E-state index in [0.29, 0.717) is 17.6 Å². The van der Waals surface area contributed by atoms with E-state index in [9.17, 15) is 5.11 Å². The topological polar surface area (TPSA) is 20.2 Å². The van der Waals surface area contributed by atoms with E-state index in [1.54, 1.807) is 0 Å². The standard InChI is InChI=1S/C32H40O.3CH3.Ti/c1-20(2)18-32(19-21(3)4)27-12-10-9-11-24(27)25-14-13-23(17-28(25)32)26-15-22(5)16-29(30(26)33)31(6,7)8;;;;/h9-17,20-21,33H,18-19H2,1-8H3;3*1H3;/q;3*-1;+3. The Bertz CT molecular complexity index is 1170. The molecule has 1 aliphatic carbocycles. The average Bonchev–Trinajstić information content (AvgIpc) is 2.97. The SMILES string of the molecule is Cc1cc(-c2ccc3c(c2)C(CC(C)C)(CC(C)C)c2ccccc2-3)c(O)c(C(C)(C)C)c1.[CH3-].[CH3-].[CH3-].[Ti+3]. The first-order valence-electron chi connectivity index (χ1n) is 12.5. The zero-order valence-electron chi connectivity index (χ0n) is 25.2. The monoisotopic (exact) mass is 533 g/mol. The Hall–Kier alpha value is -1.83. The summed E-state index contributed by atoms with van der Waals surface area (Å²) in [4.78, 5) is 0. The van der Waals surface area contributed by atoms with Crippen molar-refractivity contribution < 1.29 is 26.8 Å². The Morgan fingerprint density at radius 3 is 1.81 bits per heavy atom. The zero-order chi connectivity index (χ0) is 24.1. The van der Waals surface area contributed by atoms with Crippen LogP contribution >= 0.6 is 0 Å². The Kier molecular flexibility index (Phi) is 12.2. The minimum absolute atomic E-state index is 0. The number of rotatable bonds is 5. The molecule has 1 nitrogen and oxygen atoms in total. The molecule has 0 bridgehead atoms. The number of hydrogen-bond donors (Lipinski definition) is 1. The summed E-state index contributed by atoms with van der Waals surface area (Å²) in [5, 5.41) is 11.3. The molecule has 1 N–H and O–H groups in total. The van der Waals surface area contributed by atoms with Gasteiger partial charge in [-0.3, -0.25) is 0 Å². The third kappa shape index (κ3) is 6.43. The molecule has 0 atom stereocenters. The molecule has 0 aliphatic heterocycles. The summed E-state index contributed by atoms with van der Waals surface area (Å²) in [5.41, 5.74) is 9.80. The summed E-state index contributed by atoms with van der Waals surface area (Å²) in [5.74, 6) is 1.60. The van der Waals surface area contributed by atoms with Gasteiger partial charge in [-0.1, -0.05) is 90.9 Å². The minimum atomic E-state index is -0.114. The molecule has 37 heavy (non-hydrogen) atoms. The van der Waals surface area contributed by atoms with Crippen molar-refractivity contribution in [2.24, 2.45) is 11.8 Å². The average molecular weight is 534 g/mol. The second-order valence-corrected chi connectivity index (χ2v) is 12.0. The van der Waals surface area contributed by atoms with Gasteiger partial charge in [0.25, 0.3) is 0 Å². The number of hydrogen-bond acceptors (Lipinski definition) is 1. The summed E-state index contributed by atoms with van der Waals surface area (Å²) in [6.45, 7) is 18.0. The maximum atomic E-state index is 11.3. The van der Waals surface area contributed by atoms with Crippen LogP contribution in [0.4, 0.5) is 0 Å². The normalized spacial score (nSPS) is 13.0. The van der Waals surface area contributed by atoms with Crippen molar-refractivity contribution in [2.75, 3.05) is 0 Å². The molecule has 1 aliphatic rings. The van der Waals surface area contributed by atoms with Crippen LogP contribution in [0.2, 0.25) is 0 Å². The van der Waals surface area contributed by atoms with Crippen LogP contribution in [0.15, 0.2) is 54.6 Å². The molecular weight excluding hydrogens is 484 g/mol. The minimum Gasteiger partial charge on any atom is -0.507 e. The molecular formula is C35H49OTi. The summed E-state index contributed by atoms with van der Waals surface area (Å²) in [6, 6.07) is 20.2. The van der Waals surface area contributed by atoms with Gasteiger partial charge in [-0.2, -0.15) is 0 Å². The van der Waals surface area contributed by atoms with Gasteiger partial charge in [0.15, 0.2) is 0 Å². The number of aryl methyl sites for hydroxylation is 1. The second kappa shape index (κ2) is 12.8. The number of aromatic hydroxyl groups is 1. The fraction of sp³-hybridized carbons (Fsp3) is 0.400. The van der Waals surface area contributed by atoms with Crippen LogP contribution in [0.25, 0.3) is 22.3 Å². The van der Waals surface area contributed by atoms with Gasteiger partial charge in [-0.05, 0) is 82.5 Å². The molecule has 0 unspecified atom stereocenters. The van der Waals surface area contributed by atoms with E-state index >= 15 is 0 Å². The smallest absolute Gasteiger partial charge is 0.507 e. The van der Waals surface area contributed by atoms with E-state index in [1.807, 2.05) is 0 Å². The van der Waals surface area contributed by atoms with Crippen LogP contribution in [0, 0.1) is 41.0 Å². The number of phenols is 1. The van der Waals surface area contributed by atoms with Gasteiger partial charge in [0.05, 0.1) is 0 Å². The van der Waals surface area contributed by atoms with E-state index in [1.165, 1.54) is 27.8 Å². The van der Waals surface area contributed by atoms with Crippen LogP contribution in [-0.2, 0) is 32.5 Å². The molecule has 0 fully saturated rings. The van der Waals surface area contributed by atoms with Crippen molar-refractivity contribution in [3.8, 4) is 28.0 Å². The van der Waals surface area contributed by atoms with Gasteiger partial charge in [-0.25, -0.2) is 0 Å². The predicted octanol–water partition coefficient (Wildman–Crippen LogP) is 10.4. The van der Waals surface area contributed by atoms with Crippen molar-refractivity contribution >= 4 is 0 Å². The zero-order valence-corrected chi connectivity index (χ0v) is 26.8. The van der Waals surface area contributed by atoms with E-state index in [4.69, 9.17) is 0 Å². The molecule has 1 radical (unpaired) electrons. The number of phenolic OH excluding ortho intramolecular Hbond substituents is 1. The van der Waals surface area contributed by atoms with E-state index in [0.717, 1.165) is 29.5 Å². The number of benzene rings is 3. The predicted molar refractivity (Wildman–Crippen MR) is 161 cm³/mol. The molecule has 0 saturated carbocycles. The van der Waals surface area contributed by atoms with Gasteiger partial charge in [0.1, 0.15) is 5.75 Å². The summed E-state index contributed by atoms with van der Waals surface area (Å²) >= 11 is 0. The first-order valence-corrected chi connectivity index (χ1v) is 12.5. The van der Waals surface area contributed by atoms with Crippen LogP contribution < -0.4 is 0 Å². The molecule has 3 aromatic rings. The van der Waals surface area contributed by atoms with Gasteiger partial charge >= 0.3 is 21.7 Å². The Morgan fingerprint density at radius 2 is 1.27 bits per heavy atom. The Labute approximate surface area is 244 Å². The van der Waals surface area contributed by atoms with Crippen LogP contribution in [0.5, 0.6) is 5.75 Å². The first-order chi connectivity index (χ1) is 15.4. The fourth-order valence-corrected chi connectivity index (χ4v) is 6.11. The summed E-state index contributed by atoms with van der Waals surface area (Å²) < 4.78 is 0. The van der Waals surface area contributed by atoms with Gasteiger partial charge in [0, 0.05) is 16.5 Å². The van der Waals surface area contributed by atoms with Gasteiger partial charge < -0.3 is 27.4 Å². The van der Waals surface area contributed by atoms with Gasteiger partial charge in [0.2, 0.25) is 0 Å². The van der Waals surface area contributed by atoms with Crippen molar-refractivity contribution in [3.63, 3.8) is 0 Å². The first kappa shape index (κ1) is 35.2. The molecule has 0 amide bonds. The van der Waals surface area contributed by atoms with Crippen molar-refractivity contribution in [3.05, 3.63) is 99.1 Å². The second-order valence-electron chi connectivity index (χ2n) is 12.0. The maximum absolute atomic E-state index is 11.3. The molecule has 0 heterocycles. The molecule has 0 aromatic heterocycles. The molecule has 199 valence electrons. The summed E-state index contributed by atoms with van der Waals surface area (Å²) in [7, 11) is 0. The molecule has 0 spiro atoms. The van der Waals surface area contributed by atoms with Crippen LogP contribution in [-0.4, -0.2) is 5.11 Å². The quantitative estimate of drug-likeness (QED) is 0.255. The Morgan fingerprint density at radius 1 is 0.730 bits per heavy atom.